The number of benzene rings is 2. The molecule has 3 aromatic rings. The van der Waals surface area contributed by atoms with Crippen molar-refractivity contribution in [2.45, 2.75) is 33.1 Å². The van der Waals surface area contributed by atoms with E-state index in [-0.39, 0.29) is 12.4 Å². The van der Waals surface area contributed by atoms with Gasteiger partial charge in [0.05, 0.1) is 12.3 Å². The lowest BCUT2D eigenvalue weighted by atomic mass is 9.93. The number of hydrogen-bond acceptors (Lipinski definition) is 6. The summed E-state index contributed by atoms with van der Waals surface area (Å²) in [4.78, 5) is 24.5. The third-order valence-corrected chi connectivity index (χ3v) is 5.02. The molecule has 0 atom stereocenters. The minimum absolute atomic E-state index is 0.152. The van der Waals surface area contributed by atoms with Crippen molar-refractivity contribution in [3.8, 4) is 5.75 Å². The Hall–Kier alpha value is -3.61. The minimum atomic E-state index is -0.617. The molecule has 1 N–H and O–H groups in total. The number of furan rings is 1. The summed E-state index contributed by atoms with van der Waals surface area (Å²) >= 11 is 0. The van der Waals surface area contributed by atoms with E-state index >= 15 is 0 Å². The summed E-state index contributed by atoms with van der Waals surface area (Å²) in [6.07, 6.45) is 1.54. The van der Waals surface area contributed by atoms with Crippen molar-refractivity contribution in [3.05, 3.63) is 65.1 Å². The Morgan fingerprint density at radius 1 is 1.13 bits per heavy atom. The van der Waals surface area contributed by atoms with Crippen molar-refractivity contribution in [1.29, 1.82) is 0 Å². The van der Waals surface area contributed by atoms with E-state index < -0.39 is 12.1 Å². The fraction of sp³-hybridized carbons (Fsp3) is 0.261. The van der Waals surface area contributed by atoms with Crippen molar-refractivity contribution in [2.75, 3.05) is 6.61 Å². The SMILES string of the molecule is CCOC(=O)N/N=C1\CCCc2oc(C(=O)Oc3cccc4ccccc34)c(C)c21. The van der Waals surface area contributed by atoms with Gasteiger partial charge in [-0.05, 0) is 38.1 Å². The lowest BCUT2D eigenvalue weighted by Crippen LogP contribution is -2.22. The van der Waals surface area contributed by atoms with Crippen LogP contribution in [-0.4, -0.2) is 24.4 Å². The van der Waals surface area contributed by atoms with Gasteiger partial charge in [0.25, 0.3) is 0 Å². The van der Waals surface area contributed by atoms with E-state index in [9.17, 15) is 9.59 Å². The highest BCUT2D eigenvalue weighted by Gasteiger charge is 2.29. The number of nitrogens with zero attached hydrogens (tertiary/aromatic N) is 1. The summed E-state index contributed by atoms with van der Waals surface area (Å²) in [5, 5.41) is 6.02. The minimum Gasteiger partial charge on any atom is -0.453 e. The number of carbonyl (C=O) groups excluding carboxylic acids is 2. The van der Waals surface area contributed by atoms with E-state index in [0.717, 1.165) is 22.8 Å². The van der Waals surface area contributed by atoms with Crippen molar-refractivity contribution in [3.63, 3.8) is 0 Å². The standard InChI is InChI=1S/C23H22N2O5/c1-3-28-23(27)25-24-17-11-7-13-19-20(17)14(2)21(29-19)22(26)30-18-12-6-9-15-8-4-5-10-16(15)18/h4-6,8-10,12H,3,7,11,13H2,1-2H3,(H,25,27)/b24-17+. The van der Waals surface area contributed by atoms with Crippen LogP contribution in [0.1, 0.15) is 47.2 Å². The summed E-state index contributed by atoms with van der Waals surface area (Å²) in [6, 6.07) is 13.3. The molecule has 0 radical (unpaired) electrons. The Morgan fingerprint density at radius 3 is 2.77 bits per heavy atom. The Bertz CT molecular complexity index is 1140. The molecule has 2 aromatic carbocycles. The van der Waals surface area contributed by atoms with Crippen molar-refractivity contribution in [2.24, 2.45) is 5.10 Å². The summed E-state index contributed by atoms with van der Waals surface area (Å²) in [6.45, 7) is 3.78. The van der Waals surface area contributed by atoms with Gasteiger partial charge in [0.1, 0.15) is 11.5 Å². The molecule has 0 aliphatic heterocycles. The van der Waals surface area contributed by atoms with Gasteiger partial charge in [0.2, 0.25) is 5.76 Å². The predicted octanol–water partition coefficient (Wildman–Crippen LogP) is 4.75. The van der Waals surface area contributed by atoms with Gasteiger partial charge >= 0.3 is 12.1 Å². The van der Waals surface area contributed by atoms with Crippen LogP contribution in [0.2, 0.25) is 0 Å². The van der Waals surface area contributed by atoms with Gasteiger partial charge in [-0.3, -0.25) is 0 Å². The fourth-order valence-corrected chi connectivity index (χ4v) is 3.68. The third kappa shape index (κ3) is 3.78. The van der Waals surface area contributed by atoms with Gasteiger partial charge in [-0.15, -0.1) is 0 Å². The van der Waals surface area contributed by atoms with Gasteiger partial charge < -0.3 is 13.9 Å². The molecule has 7 heteroatoms. The molecule has 1 amide bonds. The number of fused-ring (bicyclic) bond motifs is 2. The van der Waals surface area contributed by atoms with Crippen LogP contribution in [0.5, 0.6) is 5.75 Å². The molecular weight excluding hydrogens is 384 g/mol. The molecule has 1 aliphatic carbocycles. The second-order valence-corrected chi connectivity index (χ2v) is 6.97. The second kappa shape index (κ2) is 8.41. The van der Waals surface area contributed by atoms with E-state index in [4.69, 9.17) is 13.9 Å². The van der Waals surface area contributed by atoms with Crippen LogP contribution in [0.4, 0.5) is 4.79 Å². The molecule has 0 unspecified atom stereocenters. The Labute approximate surface area is 173 Å². The molecule has 30 heavy (non-hydrogen) atoms. The number of nitrogens with one attached hydrogen (secondary N) is 1. The molecule has 0 bridgehead atoms. The molecule has 0 saturated carbocycles. The molecule has 1 aliphatic rings. The summed E-state index contributed by atoms with van der Waals surface area (Å²) < 4.78 is 16.4. The lowest BCUT2D eigenvalue weighted by Gasteiger charge is -2.13. The first-order chi connectivity index (χ1) is 14.6. The maximum absolute atomic E-state index is 12.9. The van der Waals surface area contributed by atoms with Crippen molar-refractivity contribution in [1.82, 2.24) is 5.43 Å². The number of esters is 1. The molecule has 154 valence electrons. The largest absolute Gasteiger partial charge is 0.453 e. The average Bonchev–Trinajstić information content (AvgIpc) is 3.10. The van der Waals surface area contributed by atoms with Crippen LogP contribution < -0.4 is 10.2 Å². The quantitative estimate of drug-likeness (QED) is 0.384. The van der Waals surface area contributed by atoms with Gasteiger partial charge in [0.15, 0.2) is 0 Å². The summed E-state index contributed by atoms with van der Waals surface area (Å²) in [5.74, 6) is 0.743. The maximum atomic E-state index is 12.9. The predicted molar refractivity (Wildman–Crippen MR) is 112 cm³/mol. The number of rotatable bonds is 4. The molecular formula is C23H22N2O5. The number of hydrogen-bond donors (Lipinski definition) is 1. The molecule has 4 rings (SSSR count). The van der Waals surface area contributed by atoms with Crippen LogP contribution in [0.15, 0.2) is 52.0 Å². The molecule has 0 spiro atoms. The van der Waals surface area contributed by atoms with Crippen LogP contribution >= 0.6 is 0 Å². The van der Waals surface area contributed by atoms with Crippen LogP contribution in [-0.2, 0) is 11.2 Å². The van der Waals surface area contributed by atoms with Crippen LogP contribution in [0.25, 0.3) is 10.8 Å². The highest BCUT2D eigenvalue weighted by atomic mass is 16.6. The fourth-order valence-electron chi connectivity index (χ4n) is 3.68. The summed E-state index contributed by atoms with van der Waals surface area (Å²) in [7, 11) is 0. The Kier molecular flexibility index (Phi) is 5.52. The van der Waals surface area contributed by atoms with Gasteiger partial charge in [-0.2, -0.15) is 5.10 Å². The maximum Gasteiger partial charge on any atom is 0.427 e. The van der Waals surface area contributed by atoms with Crippen molar-refractivity contribution < 1.29 is 23.5 Å². The van der Waals surface area contributed by atoms with E-state index in [1.165, 1.54) is 0 Å². The molecule has 0 saturated heterocycles. The second-order valence-electron chi connectivity index (χ2n) is 6.97. The monoisotopic (exact) mass is 406 g/mol. The van der Waals surface area contributed by atoms with E-state index in [2.05, 4.69) is 10.5 Å². The van der Waals surface area contributed by atoms with Crippen LogP contribution in [0.3, 0.4) is 0 Å². The van der Waals surface area contributed by atoms with Gasteiger partial charge in [-0.1, -0.05) is 36.4 Å². The normalized spacial score (nSPS) is 14.4. The zero-order valence-electron chi connectivity index (χ0n) is 16.9. The number of ether oxygens (including phenoxy) is 2. The highest BCUT2D eigenvalue weighted by molar-refractivity contribution is 6.06. The van der Waals surface area contributed by atoms with Crippen LogP contribution in [0, 0.1) is 6.92 Å². The average molecular weight is 406 g/mol. The first-order valence-corrected chi connectivity index (χ1v) is 9.90. The third-order valence-electron chi connectivity index (χ3n) is 5.02. The summed E-state index contributed by atoms with van der Waals surface area (Å²) in [5.41, 5.74) is 4.46. The molecule has 7 nitrogen and oxygen atoms in total. The molecule has 0 fully saturated rings. The molecule has 1 heterocycles. The lowest BCUT2D eigenvalue weighted by molar-refractivity contribution is 0.0700. The first kappa shape index (κ1) is 19.7. The number of hydrazone groups is 1. The zero-order chi connectivity index (χ0) is 21.1. The van der Waals surface area contributed by atoms with Gasteiger partial charge in [0, 0.05) is 22.9 Å². The zero-order valence-corrected chi connectivity index (χ0v) is 16.9. The highest BCUT2D eigenvalue weighted by Crippen LogP contribution is 2.32. The Morgan fingerprint density at radius 2 is 1.93 bits per heavy atom. The molecule has 1 aromatic heterocycles. The van der Waals surface area contributed by atoms with E-state index in [1.54, 1.807) is 19.9 Å². The smallest absolute Gasteiger partial charge is 0.427 e. The first-order valence-electron chi connectivity index (χ1n) is 9.90. The number of aryl methyl sites for hydroxylation is 1. The van der Waals surface area contributed by atoms with Gasteiger partial charge in [-0.25, -0.2) is 15.0 Å². The van der Waals surface area contributed by atoms with Crippen molar-refractivity contribution >= 4 is 28.5 Å². The topological polar surface area (TPSA) is 90.1 Å². The number of amides is 1. The van der Waals surface area contributed by atoms with E-state index in [1.807, 2.05) is 36.4 Å². The Balaban J connectivity index is 1.62. The van der Waals surface area contributed by atoms with E-state index in [0.29, 0.717) is 35.6 Å². The number of carbonyl (C=O) groups is 2.